The largest absolute Gasteiger partial charge is 0.480 e. The lowest BCUT2D eigenvalue weighted by molar-refractivity contribution is -0.122. The molecule has 0 aliphatic rings. The normalized spacial score (nSPS) is 11.4. The Hall–Kier alpha value is -2.81. The Kier molecular flexibility index (Phi) is 4.01. The van der Waals surface area contributed by atoms with Crippen molar-refractivity contribution in [1.82, 2.24) is 9.78 Å². The Labute approximate surface area is 116 Å². The Morgan fingerprint density at radius 3 is 2.90 bits per heavy atom. The maximum Gasteiger partial charge on any atom is 0.265 e. The molecular formula is C14H14N4O2. The van der Waals surface area contributed by atoms with E-state index in [0.29, 0.717) is 17.0 Å². The van der Waals surface area contributed by atoms with Crippen LogP contribution in [-0.2, 0) is 11.8 Å². The average molecular weight is 270 g/mol. The second-order valence-corrected chi connectivity index (χ2v) is 4.26. The van der Waals surface area contributed by atoms with Gasteiger partial charge in [0.2, 0.25) is 0 Å². The van der Waals surface area contributed by atoms with E-state index in [1.807, 2.05) is 6.07 Å². The molecule has 0 bridgehead atoms. The number of benzene rings is 1. The lowest BCUT2D eigenvalue weighted by Crippen LogP contribution is -2.30. The highest BCUT2D eigenvalue weighted by Gasteiger charge is 2.16. The van der Waals surface area contributed by atoms with Crippen LogP contribution in [-0.4, -0.2) is 21.8 Å². The molecule has 1 atom stereocenters. The smallest absolute Gasteiger partial charge is 0.265 e. The monoisotopic (exact) mass is 270 g/mol. The van der Waals surface area contributed by atoms with E-state index in [1.165, 1.54) is 0 Å². The number of nitrogens with zero attached hydrogens (tertiary/aromatic N) is 3. The van der Waals surface area contributed by atoms with Crippen LogP contribution in [0.4, 0.5) is 5.69 Å². The second kappa shape index (κ2) is 5.89. The molecule has 0 saturated carbocycles. The standard InChI is InChI=1S/C14H14N4O2/c1-10(14(19)17-12-8-16-18(2)9-12)20-13-6-4-3-5-11(13)7-15/h3-6,8-10H,1-2H3,(H,17,19)/t10-/m1/s1. The van der Waals surface area contributed by atoms with Gasteiger partial charge >= 0.3 is 0 Å². The number of hydrogen-bond acceptors (Lipinski definition) is 4. The van der Waals surface area contributed by atoms with Crippen LogP contribution in [0.5, 0.6) is 5.75 Å². The quantitative estimate of drug-likeness (QED) is 0.917. The van der Waals surface area contributed by atoms with Gasteiger partial charge in [-0.1, -0.05) is 12.1 Å². The van der Waals surface area contributed by atoms with Crippen LogP contribution in [0.25, 0.3) is 0 Å². The van der Waals surface area contributed by atoms with Gasteiger partial charge in [-0.15, -0.1) is 0 Å². The number of rotatable bonds is 4. The third kappa shape index (κ3) is 3.14. The number of hydrogen-bond donors (Lipinski definition) is 1. The van der Waals surface area contributed by atoms with Gasteiger partial charge < -0.3 is 10.1 Å². The fourth-order valence-corrected chi connectivity index (χ4v) is 1.64. The van der Waals surface area contributed by atoms with Crippen molar-refractivity contribution in [3.8, 4) is 11.8 Å². The fraction of sp³-hybridized carbons (Fsp3) is 0.214. The Balaban J connectivity index is 2.02. The van der Waals surface area contributed by atoms with E-state index in [2.05, 4.69) is 10.4 Å². The first-order valence-electron chi connectivity index (χ1n) is 6.05. The molecule has 2 aromatic rings. The molecule has 1 heterocycles. The van der Waals surface area contributed by atoms with Crippen LogP contribution in [0.15, 0.2) is 36.7 Å². The van der Waals surface area contributed by atoms with E-state index in [9.17, 15) is 4.79 Å². The van der Waals surface area contributed by atoms with Gasteiger partial charge in [0.05, 0.1) is 17.4 Å². The number of para-hydroxylation sites is 1. The second-order valence-electron chi connectivity index (χ2n) is 4.26. The van der Waals surface area contributed by atoms with Gasteiger partial charge in [0.15, 0.2) is 6.10 Å². The SMILES string of the molecule is C[C@@H](Oc1ccccc1C#N)C(=O)Nc1cnn(C)c1. The molecule has 0 aliphatic carbocycles. The number of nitrogens with one attached hydrogen (secondary N) is 1. The van der Waals surface area contributed by atoms with Crippen molar-refractivity contribution in [1.29, 1.82) is 5.26 Å². The first-order valence-corrected chi connectivity index (χ1v) is 6.05. The number of amides is 1. The van der Waals surface area contributed by atoms with Crippen LogP contribution in [0.2, 0.25) is 0 Å². The molecule has 2 rings (SSSR count). The first kappa shape index (κ1) is 13.6. The van der Waals surface area contributed by atoms with Crippen LogP contribution in [0.1, 0.15) is 12.5 Å². The van der Waals surface area contributed by atoms with E-state index in [0.717, 1.165) is 0 Å². The highest BCUT2D eigenvalue weighted by Crippen LogP contribution is 2.18. The molecule has 0 spiro atoms. The lowest BCUT2D eigenvalue weighted by atomic mass is 10.2. The van der Waals surface area contributed by atoms with Crippen molar-refractivity contribution in [3.05, 3.63) is 42.2 Å². The van der Waals surface area contributed by atoms with Crippen LogP contribution in [0.3, 0.4) is 0 Å². The summed E-state index contributed by atoms with van der Waals surface area (Å²) in [6, 6.07) is 8.82. The Morgan fingerprint density at radius 2 is 2.25 bits per heavy atom. The number of carbonyl (C=O) groups excluding carboxylic acids is 1. The van der Waals surface area contributed by atoms with Gasteiger partial charge in [0, 0.05) is 13.2 Å². The van der Waals surface area contributed by atoms with Crippen molar-refractivity contribution >= 4 is 11.6 Å². The maximum atomic E-state index is 12.0. The van der Waals surface area contributed by atoms with E-state index in [-0.39, 0.29) is 5.91 Å². The molecule has 102 valence electrons. The maximum absolute atomic E-state index is 12.0. The summed E-state index contributed by atoms with van der Waals surface area (Å²) >= 11 is 0. The molecule has 0 radical (unpaired) electrons. The topological polar surface area (TPSA) is 79.9 Å². The molecular weight excluding hydrogens is 256 g/mol. The number of nitriles is 1. The van der Waals surface area contributed by atoms with Gasteiger partial charge in [0.25, 0.3) is 5.91 Å². The van der Waals surface area contributed by atoms with Crippen LogP contribution in [0, 0.1) is 11.3 Å². The summed E-state index contributed by atoms with van der Waals surface area (Å²) < 4.78 is 7.10. The minimum atomic E-state index is -0.718. The highest BCUT2D eigenvalue weighted by molar-refractivity contribution is 5.93. The lowest BCUT2D eigenvalue weighted by Gasteiger charge is -2.14. The predicted octanol–water partition coefficient (Wildman–Crippen LogP) is 1.70. The van der Waals surface area contributed by atoms with Crippen LogP contribution >= 0.6 is 0 Å². The predicted molar refractivity (Wildman–Crippen MR) is 73.1 cm³/mol. The average Bonchev–Trinajstić information content (AvgIpc) is 2.84. The van der Waals surface area contributed by atoms with Crippen molar-refractivity contribution in [3.63, 3.8) is 0 Å². The zero-order valence-corrected chi connectivity index (χ0v) is 11.2. The number of aromatic nitrogens is 2. The molecule has 0 fully saturated rings. The molecule has 0 aliphatic heterocycles. The number of ether oxygens (including phenoxy) is 1. The third-order valence-electron chi connectivity index (χ3n) is 2.65. The minimum absolute atomic E-state index is 0.300. The summed E-state index contributed by atoms with van der Waals surface area (Å²) in [5.41, 5.74) is 0.995. The van der Waals surface area contributed by atoms with Gasteiger partial charge in [-0.3, -0.25) is 9.48 Å². The molecule has 1 amide bonds. The third-order valence-corrected chi connectivity index (χ3v) is 2.65. The molecule has 0 unspecified atom stereocenters. The zero-order chi connectivity index (χ0) is 14.5. The van der Waals surface area contributed by atoms with Crippen molar-refractivity contribution in [2.75, 3.05) is 5.32 Å². The highest BCUT2D eigenvalue weighted by atomic mass is 16.5. The van der Waals surface area contributed by atoms with Gasteiger partial charge in [-0.05, 0) is 19.1 Å². The van der Waals surface area contributed by atoms with E-state index >= 15 is 0 Å². The summed E-state index contributed by atoms with van der Waals surface area (Å²) in [4.78, 5) is 12.0. The van der Waals surface area contributed by atoms with Crippen molar-refractivity contribution in [2.24, 2.45) is 7.05 Å². The van der Waals surface area contributed by atoms with E-state index in [1.54, 1.807) is 55.3 Å². The summed E-state index contributed by atoms with van der Waals surface area (Å²) in [6.07, 6.45) is 2.52. The van der Waals surface area contributed by atoms with Crippen molar-refractivity contribution in [2.45, 2.75) is 13.0 Å². The van der Waals surface area contributed by atoms with E-state index < -0.39 is 6.10 Å². The van der Waals surface area contributed by atoms with Crippen LogP contribution < -0.4 is 10.1 Å². The fourth-order valence-electron chi connectivity index (χ4n) is 1.64. The molecule has 1 aromatic heterocycles. The van der Waals surface area contributed by atoms with Crippen molar-refractivity contribution < 1.29 is 9.53 Å². The molecule has 20 heavy (non-hydrogen) atoms. The summed E-state index contributed by atoms with van der Waals surface area (Å²) in [6.45, 7) is 1.62. The molecule has 6 nitrogen and oxygen atoms in total. The zero-order valence-electron chi connectivity index (χ0n) is 11.2. The first-order chi connectivity index (χ1) is 9.60. The van der Waals surface area contributed by atoms with Gasteiger partial charge in [-0.2, -0.15) is 10.4 Å². The summed E-state index contributed by atoms with van der Waals surface area (Å²) in [5, 5.41) is 15.6. The van der Waals surface area contributed by atoms with Gasteiger partial charge in [0.1, 0.15) is 11.8 Å². The van der Waals surface area contributed by atoms with E-state index in [4.69, 9.17) is 10.00 Å². The van der Waals surface area contributed by atoms with Gasteiger partial charge in [-0.25, -0.2) is 0 Å². The Bertz CT molecular complexity index is 657. The molecule has 1 aromatic carbocycles. The summed E-state index contributed by atoms with van der Waals surface area (Å²) in [7, 11) is 1.76. The Morgan fingerprint density at radius 1 is 1.50 bits per heavy atom. The minimum Gasteiger partial charge on any atom is -0.480 e. The summed E-state index contributed by atoms with van der Waals surface area (Å²) in [5.74, 6) is 0.0922. The number of carbonyl (C=O) groups is 1. The number of aryl methyl sites for hydroxylation is 1. The number of anilines is 1. The molecule has 6 heteroatoms. The molecule has 1 N–H and O–H groups in total. The molecule has 0 saturated heterocycles.